The van der Waals surface area contributed by atoms with Gasteiger partial charge in [-0.3, -0.25) is 4.68 Å². The zero-order valence-corrected chi connectivity index (χ0v) is 12.3. The third-order valence-electron chi connectivity index (χ3n) is 3.74. The highest BCUT2D eigenvalue weighted by Gasteiger charge is 2.22. The van der Waals surface area contributed by atoms with Crippen LogP contribution in [0, 0.1) is 12.7 Å². The van der Waals surface area contributed by atoms with Crippen LogP contribution in [0.4, 0.5) is 10.2 Å². The normalized spacial score (nSPS) is 12.5. The Labute approximate surface area is 118 Å². The minimum absolute atomic E-state index is 0.0800. The topological polar surface area (TPSA) is 41.3 Å². The van der Waals surface area contributed by atoms with Crippen molar-refractivity contribution in [2.24, 2.45) is 7.05 Å². The van der Waals surface area contributed by atoms with Crippen LogP contribution in [0.3, 0.4) is 0 Å². The van der Waals surface area contributed by atoms with Gasteiger partial charge in [0.1, 0.15) is 11.6 Å². The van der Waals surface area contributed by atoms with Crippen molar-refractivity contribution < 1.29 is 9.50 Å². The van der Waals surface area contributed by atoms with Gasteiger partial charge in [0.15, 0.2) is 0 Å². The van der Waals surface area contributed by atoms with Crippen LogP contribution >= 0.6 is 0 Å². The molecule has 0 aliphatic carbocycles. The first-order valence-electron chi connectivity index (χ1n) is 6.58. The summed E-state index contributed by atoms with van der Waals surface area (Å²) in [6.07, 6.45) is 0. The standard InChI is InChI=1S/C15H20FN3O/c1-10-13(9-20)15(19(4)17-10)18(3)11(2)12-7-5-6-8-14(12)16/h5-8,11,20H,9H2,1-4H3. The Kier molecular flexibility index (Phi) is 4.09. The second-order valence-corrected chi connectivity index (χ2v) is 4.98. The molecule has 1 N–H and O–H groups in total. The number of halogens is 1. The molecular weight excluding hydrogens is 257 g/mol. The van der Waals surface area contributed by atoms with Crippen molar-refractivity contribution in [1.29, 1.82) is 0 Å². The van der Waals surface area contributed by atoms with Crippen molar-refractivity contribution in [1.82, 2.24) is 9.78 Å². The van der Waals surface area contributed by atoms with Gasteiger partial charge >= 0.3 is 0 Å². The summed E-state index contributed by atoms with van der Waals surface area (Å²) in [5.74, 6) is 0.581. The monoisotopic (exact) mass is 277 g/mol. The number of aliphatic hydroxyl groups excluding tert-OH is 1. The van der Waals surface area contributed by atoms with E-state index in [9.17, 15) is 9.50 Å². The fourth-order valence-electron chi connectivity index (χ4n) is 2.52. The minimum Gasteiger partial charge on any atom is -0.391 e. The predicted molar refractivity (Wildman–Crippen MR) is 77.1 cm³/mol. The molecule has 20 heavy (non-hydrogen) atoms. The Balaban J connectivity index is 2.41. The molecule has 1 atom stereocenters. The van der Waals surface area contributed by atoms with E-state index in [1.165, 1.54) is 6.07 Å². The zero-order valence-electron chi connectivity index (χ0n) is 12.3. The number of rotatable bonds is 4. The van der Waals surface area contributed by atoms with E-state index in [0.717, 1.165) is 17.1 Å². The Hall–Kier alpha value is -1.88. The van der Waals surface area contributed by atoms with Crippen molar-refractivity contribution in [3.05, 3.63) is 46.9 Å². The molecular formula is C15H20FN3O. The molecule has 1 unspecified atom stereocenters. The Bertz CT molecular complexity index is 609. The summed E-state index contributed by atoms with van der Waals surface area (Å²) in [4.78, 5) is 1.93. The molecule has 108 valence electrons. The van der Waals surface area contributed by atoms with Crippen LogP contribution in [0.5, 0.6) is 0 Å². The Morgan fingerprint density at radius 2 is 2.05 bits per heavy atom. The summed E-state index contributed by atoms with van der Waals surface area (Å²) >= 11 is 0. The van der Waals surface area contributed by atoms with E-state index in [-0.39, 0.29) is 18.5 Å². The fourth-order valence-corrected chi connectivity index (χ4v) is 2.52. The molecule has 4 nitrogen and oxygen atoms in total. The molecule has 0 radical (unpaired) electrons. The Morgan fingerprint density at radius 1 is 1.40 bits per heavy atom. The van der Waals surface area contributed by atoms with Crippen LogP contribution < -0.4 is 4.90 Å². The summed E-state index contributed by atoms with van der Waals surface area (Å²) in [6, 6.07) is 6.58. The van der Waals surface area contributed by atoms with E-state index < -0.39 is 0 Å². The summed E-state index contributed by atoms with van der Waals surface area (Å²) in [6.45, 7) is 3.71. The highest BCUT2D eigenvalue weighted by Crippen LogP contribution is 2.30. The molecule has 0 spiro atoms. The zero-order chi connectivity index (χ0) is 14.9. The molecule has 0 saturated heterocycles. The number of hydrogen-bond donors (Lipinski definition) is 1. The number of benzene rings is 1. The lowest BCUT2D eigenvalue weighted by Crippen LogP contribution is -2.25. The van der Waals surface area contributed by atoms with Crippen molar-refractivity contribution in [3.8, 4) is 0 Å². The first-order chi connectivity index (χ1) is 9.47. The Morgan fingerprint density at radius 3 is 2.65 bits per heavy atom. The van der Waals surface area contributed by atoms with Gasteiger partial charge in [-0.25, -0.2) is 4.39 Å². The summed E-state index contributed by atoms with van der Waals surface area (Å²) in [5, 5.41) is 13.8. The van der Waals surface area contributed by atoms with Gasteiger partial charge in [0.2, 0.25) is 0 Å². The van der Waals surface area contributed by atoms with E-state index in [1.54, 1.807) is 16.8 Å². The van der Waals surface area contributed by atoms with E-state index in [4.69, 9.17) is 0 Å². The lowest BCUT2D eigenvalue weighted by Gasteiger charge is -2.28. The van der Waals surface area contributed by atoms with Gasteiger partial charge in [0.25, 0.3) is 0 Å². The van der Waals surface area contributed by atoms with Crippen molar-refractivity contribution in [2.45, 2.75) is 26.5 Å². The SMILES string of the molecule is Cc1nn(C)c(N(C)C(C)c2ccccc2F)c1CO. The first kappa shape index (κ1) is 14.5. The number of aliphatic hydroxyl groups is 1. The molecule has 1 aromatic heterocycles. The molecule has 1 aromatic carbocycles. The van der Waals surface area contributed by atoms with E-state index in [0.29, 0.717) is 5.56 Å². The maximum absolute atomic E-state index is 13.9. The largest absolute Gasteiger partial charge is 0.391 e. The van der Waals surface area contributed by atoms with Crippen LogP contribution in [-0.4, -0.2) is 21.9 Å². The van der Waals surface area contributed by atoms with Crippen LogP contribution in [-0.2, 0) is 13.7 Å². The average molecular weight is 277 g/mol. The first-order valence-corrected chi connectivity index (χ1v) is 6.58. The second kappa shape index (κ2) is 5.63. The predicted octanol–water partition coefficient (Wildman–Crippen LogP) is 2.56. The van der Waals surface area contributed by atoms with Crippen molar-refractivity contribution >= 4 is 5.82 Å². The number of nitrogens with zero attached hydrogens (tertiary/aromatic N) is 3. The smallest absolute Gasteiger partial charge is 0.132 e. The fraction of sp³-hybridized carbons (Fsp3) is 0.400. The van der Waals surface area contributed by atoms with Gasteiger partial charge in [-0.1, -0.05) is 18.2 Å². The second-order valence-electron chi connectivity index (χ2n) is 4.98. The van der Waals surface area contributed by atoms with Crippen LogP contribution in [0.25, 0.3) is 0 Å². The van der Waals surface area contributed by atoms with Crippen LogP contribution in [0.2, 0.25) is 0 Å². The third kappa shape index (κ3) is 2.41. The molecule has 0 amide bonds. The van der Waals surface area contributed by atoms with Crippen molar-refractivity contribution in [3.63, 3.8) is 0 Å². The average Bonchev–Trinajstić information content (AvgIpc) is 2.71. The van der Waals surface area contributed by atoms with Crippen molar-refractivity contribution in [2.75, 3.05) is 11.9 Å². The number of aryl methyl sites for hydroxylation is 2. The van der Waals surface area contributed by atoms with Gasteiger partial charge in [-0.05, 0) is 19.9 Å². The lowest BCUT2D eigenvalue weighted by molar-refractivity contribution is 0.281. The van der Waals surface area contributed by atoms with E-state index >= 15 is 0 Å². The molecule has 2 aromatic rings. The molecule has 0 aliphatic rings. The number of hydrogen-bond acceptors (Lipinski definition) is 3. The number of aromatic nitrogens is 2. The van der Waals surface area contributed by atoms with Gasteiger partial charge in [-0.2, -0.15) is 5.10 Å². The quantitative estimate of drug-likeness (QED) is 0.934. The molecule has 5 heteroatoms. The van der Waals surface area contributed by atoms with Gasteiger partial charge in [0, 0.05) is 25.2 Å². The highest BCUT2D eigenvalue weighted by atomic mass is 19.1. The molecule has 1 heterocycles. The van der Waals surface area contributed by atoms with Crippen LogP contribution in [0.1, 0.15) is 29.8 Å². The maximum atomic E-state index is 13.9. The van der Waals surface area contributed by atoms with Gasteiger partial charge < -0.3 is 10.0 Å². The molecule has 2 rings (SSSR count). The lowest BCUT2D eigenvalue weighted by atomic mass is 10.1. The van der Waals surface area contributed by atoms with Crippen LogP contribution in [0.15, 0.2) is 24.3 Å². The highest BCUT2D eigenvalue weighted by molar-refractivity contribution is 5.51. The van der Waals surface area contributed by atoms with Gasteiger partial charge in [-0.15, -0.1) is 0 Å². The summed E-state index contributed by atoms with van der Waals surface area (Å²) in [7, 11) is 3.71. The third-order valence-corrected chi connectivity index (χ3v) is 3.74. The summed E-state index contributed by atoms with van der Waals surface area (Å²) in [5.41, 5.74) is 2.19. The summed E-state index contributed by atoms with van der Waals surface area (Å²) < 4.78 is 15.6. The minimum atomic E-state index is -0.226. The van der Waals surface area contributed by atoms with E-state index in [2.05, 4.69) is 5.10 Å². The number of anilines is 1. The van der Waals surface area contributed by atoms with Gasteiger partial charge in [0.05, 0.1) is 18.3 Å². The van der Waals surface area contributed by atoms with E-state index in [1.807, 2.05) is 38.9 Å². The molecule has 0 saturated carbocycles. The molecule has 0 fully saturated rings. The maximum Gasteiger partial charge on any atom is 0.132 e. The molecule has 0 bridgehead atoms. The molecule has 0 aliphatic heterocycles.